The molecule has 76 valence electrons. The molecule has 0 bridgehead atoms. The molecule has 0 amide bonds. The van der Waals surface area contributed by atoms with Gasteiger partial charge in [0, 0.05) is 5.69 Å². The van der Waals surface area contributed by atoms with Crippen LogP contribution in [0, 0.1) is 0 Å². The molecule has 0 heterocycles. The molecule has 0 aromatic heterocycles. The Morgan fingerprint density at radius 3 is 2.79 bits per heavy atom. The molecular weight excluding hydrogens is 170 g/mol. The lowest BCUT2D eigenvalue weighted by molar-refractivity contribution is 0.469. The van der Waals surface area contributed by atoms with Crippen LogP contribution in [0.4, 0.5) is 5.69 Å². The molecule has 0 saturated carbocycles. The second-order valence-corrected chi connectivity index (χ2v) is 5.00. The van der Waals surface area contributed by atoms with Crippen molar-refractivity contribution in [1.29, 1.82) is 0 Å². The topological polar surface area (TPSA) is 26.0 Å². The average molecular weight is 189 g/mol. The molecule has 0 radical (unpaired) electrons. The van der Waals surface area contributed by atoms with Gasteiger partial charge in [0.2, 0.25) is 0 Å². The van der Waals surface area contributed by atoms with Crippen LogP contribution in [0.5, 0.6) is 0 Å². The highest BCUT2D eigenvalue weighted by Crippen LogP contribution is 2.49. The Kier molecular flexibility index (Phi) is 2.06. The van der Waals surface area contributed by atoms with E-state index in [9.17, 15) is 0 Å². The summed E-state index contributed by atoms with van der Waals surface area (Å²) in [6, 6.07) is 6.35. The summed E-state index contributed by atoms with van der Waals surface area (Å²) < 4.78 is 0. The lowest BCUT2D eigenvalue weighted by Crippen LogP contribution is -2.12. The lowest BCUT2D eigenvalue weighted by Gasteiger charge is -2.19. The van der Waals surface area contributed by atoms with Crippen LogP contribution in [0.1, 0.15) is 50.7 Å². The van der Waals surface area contributed by atoms with Gasteiger partial charge in [0.05, 0.1) is 0 Å². The zero-order valence-corrected chi connectivity index (χ0v) is 9.30. The molecule has 1 aromatic carbocycles. The minimum absolute atomic E-state index is 0.311. The molecule has 0 aliphatic heterocycles. The molecule has 1 heteroatoms. The van der Waals surface area contributed by atoms with Crippen molar-refractivity contribution in [2.24, 2.45) is 0 Å². The highest BCUT2D eigenvalue weighted by molar-refractivity contribution is 5.57. The molecule has 1 atom stereocenters. The molecule has 1 nitrogen and oxygen atoms in total. The van der Waals surface area contributed by atoms with Gasteiger partial charge in [0.25, 0.3) is 0 Å². The largest absolute Gasteiger partial charge is 0.398 e. The van der Waals surface area contributed by atoms with E-state index >= 15 is 0 Å². The first-order chi connectivity index (χ1) is 6.56. The number of nitrogens with two attached hydrogens (primary N) is 1. The van der Waals surface area contributed by atoms with Gasteiger partial charge in [-0.15, -0.1) is 0 Å². The van der Waals surface area contributed by atoms with Crippen molar-refractivity contribution in [3.05, 3.63) is 29.3 Å². The molecular formula is C13H19N. The van der Waals surface area contributed by atoms with E-state index in [2.05, 4.69) is 32.9 Å². The first-order valence-electron chi connectivity index (χ1n) is 5.45. The van der Waals surface area contributed by atoms with E-state index in [-0.39, 0.29) is 0 Å². The number of fused-ring (bicyclic) bond motifs is 1. The Balaban J connectivity index is 2.59. The third-order valence-corrected chi connectivity index (χ3v) is 3.53. The summed E-state index contributed by atoms with van der Waals surface area (Å²) in [6.45, 7) is 6.89. The van der Waals surface area contributed by atoms with Crippen molar-refractivity contribution in [1.82, 2.24) is 0 Å². The summed E-state index contributed by atoms with van der Waals surface area (Å²) in [7, 11) is 0. The van der Waals surface area contributed by atoms with Crippen LogP contribution in [0.2, 0.25) is 0 Å². The van der Waals surface area contributed by atoms with Crippen molar-refractivity contribution in [3.8, 4) is 0 Å². The van der Waals surface area contributed by atoms with Crippen LogP contribution in [0.15, 0.2) is 18.2 Å². The summed E-state index contributed by atoms with van der Waals surface area (Å²) in [5.74, 6) is 0.668. The summed E-state index contributed by atoms with van der Waals surface area (Å²) >= 11 is 0. The fourth-order valence-electron chi connectivity index (χ4n) is 2.81. The Bertz CT molecular complexity index is 352. The van der Waals surface area contributed by atoms with E-state index in [1.165, 1.54) is 24.0 Å². The van der Waals surface area contributed by atoms with Crippen molar-refractivity contribution < 1.29 is 0 Å². The van der Waals surface area contributed by atoms with Crippen molar-refractivity contribution in [3.63, 3.8) is 0 Å². The van der Waals surface area contributed by atoms with E-state index < -0.39 is 0 Å². The predicted molar refractivity (Wildman–Crippen MR) is 61.5 cm³/mol. The van der Waals surface area contributed by atoms with Crippen molar-refractivity contribution >= 4 is 5.69 Å². The lowest BCUT2D eigenvalue weighted by atomic mass is 9.86. The SMILES string of the molecule is CC[C@H]1CC(C)(C)c2cccc(N)c21. The van der Waals surface area contributed by atoms with Crippen LogP contribution in [0.3, 0.4) is 0 Å². The van der Waals surface area contributed by atoms with Crippen molar-refractivity contribution in [2.45, 2.75) is 44.9 Å². The number of hydrogen-bond acceptors (Lipinski definition) is 1. The zero-order valence-electron chi connectivity index (χ0n) is 9.30. The van der Waals surface area contributed by atoms with Gasteiger partial charge >= 0.3 is 0 Å². The Morgan fingerprint density at radius 1 is 1.43 bits per heavy atom. The minimum Gasteiger partial charge on any atom is -0.398 e. The molecule has 1 aliphatic rings. The third-order valence-electron chi connectivity index (χ3n) is 3.53. The Labute approximate surface area is 86.3 Å². The molecule has 2 rings (SSSR count). The quantitative estimate of drug-likeness (QED) is 0.673. The van der Waals surface area contributed by atoms with Crippen molar-refractivity contribution in [2.75, 3.05) is 5.73 Å². The predicted octanol–water partition coefficient (Wildman–Crippen LogP) is 3.44. The molecule has 0 spiro atoms. The normalized spacial score (nSPS) is 23.5. The Hall–Kier alpha value is -0.980. The molecule has 14 heavy (non-hydrogen) atoms. The molecule has 1 aliphatic carbocycles. The molecule has 0 unspecified atom stereocenters. The zero-order chi connectivity index (χ0) is 10.3. The van der Waals surface area contributed by atoms with E-state index in [4.69, 9.17) is 5.73 Å². The maximum absolute atomic E-state index is 6.06. The summed E-state index contributed by atoms with van der Waals surface area (Å²) in [6.07, 6.45) is 2.44. The molecule has 0 fully saturated rings. The second kappa shape index (κ2) is 3.01. The maximum Gasteiger partial charge on any atom is 0.0352 e. The Morgan fingerprint density at radius 2 is 2.14 bits per heavy atom. The van der Waals surface area contributed by atoms with Crippen LogP contribution < -0.4 is 5.73 Å². The van der Waals surface area contributed by atoms with Gasteiger partial charge in [0.15, 0.2) is 0 Å². The van der Waals surface area contributed by atoms with E-state index in [0.29, 0.717) is 11.3 Å². The minimum atomic E-state index is 0.311. The highest BCUT2D eigenvalue weighted by atomic mass is 14.6. The number of rotatable bonds is 1. The van der Waals surface area contributed by atoms with Crippen LogP contribution >= 0.6 is 0 Å². The van der Waals surface area contributed by atoms with Gasteiger partial charge in [-0.2, -0.15) is 0 Å². The third kappa shape index (κ3) is 1.23. The fraction of sp³-hybridized carbons (Fsp3) is 0.538. The van der Waals surface area contributed by atoms with E-state index in [1.807, 2.05) is 6.07 Å². The summed E-state index contributed by atoms with van der Waals surface area (Å²) in [5.41, 5.74) is 10.2. The smallest absolute Gasteiger partial charge is 0.0352 e. The molecule has 2 N–H and O–H groups in total. The first kappa shape index (κ1) is 9.57. The first-order valence-corrected chi connectivity index (χ1v) is 5.45. The number of nitrogen functional groups attached to an aromatic ring is 1. The van der Waals surface area contributed by atoms with Crippen LogP contribution in [-0.4, -0.2) is 0 Å². The standard InChI is InChI=1S/C13H19N/c1-4-9-8-13(2,3)10-6-5-7-11(14)12(9)10/h5-7,9H,4,8,14H2,1-3H3/t9-/m0/s1. The molecule has 0 saturated heterocycles. The van der Waals surface area contributed by atoms with E-state index in [1.54, 1.807) is 0 Å². The monoisotopic (exact) mass is 189 g/mol. The van der Waals surface area contributed by atoms with Gasteiger partial charge in [-0.05, 0) is 41.4 Å². The van der Waals surface area contributed by atoms with Gasteiger partial charge in [-0.3, -0.25) is 0 Å². The number of benzene rings is 1. The van der Waals surface area contributed by atoms with Gasteiger partial charge in [0.1, 0.15) is 0 Å². The number of anilines is 1. The fourth-order valence-corrected chi connectivity index (χ4v) is 2.81. The maximum atomic E-state index is 6.06. The molecule has 1 aromatic rings. The van der Waals surface area contributed by atoms with Crippen LogP contribution in [-0.2, 0) is 5.41 Å². The van der Waals surface area contributed by atoms with Crippen LogP contribution in [0.25, 0.3) is 0 Å². The summed E-state index contributed by atoms with van der Waals surface area (Å²) in [5, 5.41) is 0. The second-order valence-electron chi connectivity index (χ2n) is 5.00. The van der Waals surface area contributed by atoms with Gasteiger partial charge < -0.3 is 5.73 Å². The van der Waals surface area contributed by atoms with Gasteiger partial charge in [-0.25, -0.2) is 0 Å². The van der Waals surface area contributed by atoms with E-state index in [0.717, 1.165) is 5.69 Å². The number of hydrogen-bond donors (Lipinski definition) is 1. The highest BCUT2D eigenvalue weighted by Gasteiger charge is 2.36. The van der Waals surface area contributed by atoms with Gasteiger partial charge in [-0.1, -0.05) is 32.9 Å². The summed E-state index contributed by atoms with van der Waals surface area (Å²) in [4.78, 5) is 0. The average Bonchev–Trinajstić information content (AvgIpc) is 2.40.